The monoisotopic (exact) mass is 418 g/mol. The maximum absolute atomic E-state index is 13.1. The quantitative estimate of drug-likeness (QED) is 0.676. The Balaban J connectivity index is 1.29. The van der Waals surface area contributed by atoms with Crippen LogP contribution < -0.4 is 10.1 Å². The summed E-state index contributed by atoms with van der Waals surface area (Å²) in [5.74, 6) is 1.56. The highest BCUT2D eigenvalue weighted by molar-refractivity contribution is 7.12. The van der Waals surface area contributed by atoms with Crippen molar-refractivity contribution in [2.24, 2.45) is 5.92 Å². The number of hydrogen-bond acceptors (Lipinski definition) is 4. The predicted molar refractivity (Wildman–Crippen MR) is 116 cm³/mol. The first-order valence-electron chi connectivity index (χ1n) is 10.2. The molecular formula is C24H22N2O3S. The molecule has 152 valence electrons. The number of thiophene rings is 1. The number of hydrogen-bond donors (Lipinski definition) is 1. The van der Waals surface area contributed by atoms with Crippen LogP contribution in [0.2, 0.25) is 0 Å². The fraction of sp³-hybridized carbons (Fsp3) is 0.250. The van der Waals surface area contributed by atoms with Crippen LogP contribution in [0.1, 0.15) is 39.7 Å². The van der Waals surface area contributed by atoms with E-state index in [1.165, 1.54) is 11.3 Å². The molecule has 0 bridgehead atoms. The second-order valence-corrected chi connectivity index (χ2v) is 8.61. The molecule has 0 unspecified atom stereocenters. The first-order valence-corrected chi connectivity index (χ1v) is 11.1. The molecule has 0 atom stereocenters. The highest BCUT2D eigenvalue weighted by Crippen LogP contribution is 2.42. The van der Waals surface area contributed by atoms with E-state index in [2.05, 4.69) is 5.32 Å². The van der Waals surface area contributed by atoms with Crippen molar-refractivity contribution in [3.63, 3.8) is 0 Å². The Kier molecular flexibility index (Phi) is 5.01. The zero-order valence-electron chi connectivity index (χ0n) is 16.4. The standard InChI is InChI=1S/C24H22N2O3S/c27-23(16-11-13-26(14-12-16)24(28)21-10-5-15-30-21)25-22-17-6-1-3-8-19(17)29-20-9-4-2-7-18(20)22/h1-10,15-16,22H,11-14H2,(H,25,27). The lowest BCUT2D eigenvalue weighted by molar-refractivity contribution is -0.126. The summed E-state index contributed by atoms with van der Waals surface area (Å²) in [6, 6.07) is 19.2. The summed E-state index contributed by atoms with van der Waals surface area (Å²) < 4.78 is 6.02. The molecule has 0 aliphatic carbocycles. The lowest BCUT2D eigenvalue weighted by Gasteiger charge is -2.33. The summed E-state index contributed by atoms with van der Waals surface area (Å²) in [6.45, 7) is 1.21. The Morgan fingerprint density at radius 3 is 2.13 bits per heavy atom. The molecule has 2 aliphatic rings. The predicted octanol–water partition coefficient (Wildman–Crippen LogP) is 4.61. The Labute approximate surface area is 179 Å². The Hall–Kier alpha value is -3.12. The molecule has 3 heterocycles. The van der Waals surface area contributed by atoms with Crippen LogP contribution in [-0.2, 0) is 4.79 Å². The van der Waals surface area contributed by atoms with Gasteiger partial charge in [0.25, 0.3) is 5.91 Å². The summed E-state index contributed by atoms with van der Waals surface area (Å²) in [5, 5.41) is 5.17. The average molecular weight is 419 g/mol. The maximum atomic E-state index is 13.1. The van der Waals surface area contributed by atoms with E-state index in [1.54, 1.807) is 0 Å². The number of carbonyl (C=O) groups excluding carboxylic acids is 2. The second-order valence-electron chi connectivity index (χ2n) is 7.66. The van der Waals surface area contributed by atoms with Crippen LogP contribution in [0.25, 0.3) is 0 Å². The van der Waals surface area contributed by atoms with Gasteiger partial charge in [0.05, 0.1) is 10.9 Å². The van der Waals surface area contributed by atoms with E-state index in [4.69, 9.17) is 4.74 Å². The van der Waals surface area contributed by atoms with Gasteiger partial charge in [0.2, 0.25) is 5.91 Å². The van der Waals surface area contributed by atoms with E-state index in [0.29, 0.717) is 25.9 Å². The van der Waals surface area contributed by atoms with Gasteiger partial charge in [-0.05, 0) is 36.4 Å². The molecule has 6 heteroatoms. The number of carbonyl (C=O) groups is 2. The van der Waals surface area contributed by atoms with Crippen molar-refractivity contribution < 1.29 is 14.3 Å². The van der Waals surface area contributed by atoms with Gasteiger partial charge in [0.15, 0.2) is 0 Å². The van der Waals surface area contributed by atoms with Crippen molar-refractivity contribution in [3.05, 3.63) is 82.0 Å². The number of benzene rings is 2. The van der Waals surface area contributed by atoms with E-state index in [1.807, 2.05) is 70.9 Å². The number of likely N-dealkylation sites (tertiary alicyclic amines) is 1. The molecule has 5 nitrogen and oxygen atoms in total. The summed E-state index contributed by atoms with van der Waals surface area (Å²) in [4.78, 5) is 28.3. The van der Waals surface area contributed by atoms with Gasteiger partial charge in [0.1, 0.15) is 11.5 Å². The van der Waals surface area contributed by atoms with E-state index in [0.717, 1.165) is 27.5 Å². The van der Waals surface area contributed by atoms with Crippen molar-refractivity contribution in [2.75, 3.05) is 13.1 Å². The average Bonchev–Trinajstić information content (AvgIpc) is 3.33. The van der Waals surface area contributed by atoms with Gasteiger partial charge in [-0.1, -0.05) is 42.5 Å². The molecule has 0 spiro atoms. The Morgan fingerprint density at radius 2 is 1.53 bits per heavy atom. The fourth-order valence-corrected chi connectivity index (χ4v) is 4.92. The SMILES string of the molecule is O=C(NC1c2ccccc2Oc2ccccc21)C1CCN(C(=O)c2cccs2)CC1. The largest absolute Gasteiger partial charge is 0.457 e. The number of fused-ring (bicyclic) bond motifs is 2. The van der Waals surface area contributed by atoms with E-state index in [-0.39, 0.29) is 23.8 Å². The highest BCUT2D eigenvalue weighted by Gasteiger charge is 2.32. The van der Waals surface area contributed by atoms with Crippen LogP contribution in [-0.4, -0.2) is 29.8 Å². The number of nitrogens with one attached hydrogen (secondary N) is 1. The maximum Gasteiger partial charge on any atom is 0.263 e. The van der Waals surface area contributed by atoms with Gasteiger partial charge in [-0.3, -0.25) is 9.59 Å². The molecule has 2 aromatic carbocycles. The molecule has 2 aliphatic heterocycles. The van der Waals surface area contributed by atoms with E-state index in [9.17, 15) is 9.59 Å². The zero-order chi connectivity index (χ0) is 20.5. The molecule has 5 rings (SSSR count). The van der Waals surface area contributed by atoms with Crippen LogP contribution >= 0.6 is 11.3 Å². The zero-order valence-corrected chi connectivity index (χ0v) is 17.2. The number of ether oxygens (including phenoxy) is 1. The van der Waals surface area contributed by atoms with Gasteiger partial charge in [-0.2, -0.15) is 0 Å². The summed E-state index contributed by atoms with van der Waals surface area (Å²) in [6.07, 6.45) is 1.35. The first-order chi connectivity index (χ1) is 14.7. The van der Waals surface area contributed by atoms with Crippen LogP contribution in [0.15, 0.2) is 66.0 Å². The molecule has 1 aromatic heterocycles. The Bertz CT molecular complexity index is 1030. The van der Waals surface area contributed by atoms with Gasteiger partial charge in [0, 0.05) is 30.1 Å². The van der Waals surface area contributed by atoms with Crippen molar-refractivity contribution in [1.82, 2.24) is 10.2 Å². The smallest absolute Gasteiger partial charge is 0.263 e. The number of nitrogens with zero attached hydrogens (tertiary/aromatic N) is 1. The van der Waals surface area contributed by atoms with Gasteiger partial charge < -0.3 is 15.0 Å². The van der Waals surface area contributed by atoms with Gasteiger partial charge in [-0.15, -0.1) is 11.3 Å². The summed E-state index contributed by atoms with van der Waals surface area (Å²) in [5.41, 5.74) is 1.93. The lowest BCUT2D eigenvalue weighted by Crippen LogP contribution is -2.44. The minimum absolute atomic E-state index is 0.0368. The molecule has 30 heavy (non-hydrogen) atoms. The molecule has 1 saturated heterocycles. The summed E-state index contributed by atoms with van der Waals surface area (Å²) in [7, 11) is 0. The van der Waals surface area contributed by atoms with Crippen molar-refractivity contribution in [1.29, 1.82) is 0 Å². The first kappa shape index (κ1) is 18.9. The topological polar surface area (TPSA) is 58.6 Å². The summed E-state index contributed by atoms with van der Waals surface area (Å²) >= 11 is 1.46. The number of rotatable bonds is 3. The van der Waals surface area contributed by atoms with Crippen molar-refractivity contribution in [2.45, 2.75) is 18.9 Å². The number of amides is 2. The minimum atomic E-state index is -0.232. The number of para-hydroxylation sites is 2. The highest BCUT2D eigenvalue weighted by atomic mass is 32.1. The molecule has 3 aromatic rings. The third-order valence-corrected chi connectivity index (χ3v) is 6.71. The number of piperidine rings is 1. The van der Waals surface area contributed by atoms with Crippen LogP contribution in [0.5, 0.6) is 11.5 Å². The molecule has 0 radical (unpaired) electrons. The molecule has 2 amide bonds. The van der Waals surface area contributed by atoms with Crippen LogP contribution in [0.4, 0.5) is 0 Å². The van der Waals surface area contributed by atoms with E-state index < -0.39 is 0 Å². The molecular weight excluding hydrogens is 396 g/mol. The van der Waals surface area contributed by atoms with Crippen molar-refractivity contribution in [3.8, 4) is 11.5 Å². The molecule has 1 fully saturated rings. The normalized spacial score (nSPS) is 16.3. The molecule has 0 saturated carbocycles. The van der Waals surface area contributed by atoms with Crippen LogP contribution in [0.3, 0.4) is 0 Å². The third kappa shape index (κ3) is 3.48. The third-order valence-electron chi connectivity index (χ3n) is 5.85. The van der Waals surface area contributed by atoms with Gasteiger partial charge in [-0.25, -0.2) is 0 Å². The van der Waals surface area contributed by atoms with Crippen LogP contribution in [0, 0.1) is 5.92 Å². The Morgan fingerprint density at radius 1 is 0.900 bits per heavy atom. The van der Waals surface area contributed by atoms with E-state index >= 15 is 0 Å². The fourth-order valence-electron chi connectivity index (χ4n) is 4.23. The molecule has 1 N–H and O–H groups in total. The minimum Gasteiger partial charge on any atom is -0.457 e. The van der Waals surface area contributed by atoms with Crippen molar-refractivity contribution >= 4 is 23.2 Å². The lowest BCUT2D eigenvalue weighted by atomic mass is 9.91. The van der Waals surface area contributed by atoms with Gasteiger partial charge >= 0.3 is 0 Å². The second kappa shape index (κ2) is 7.95.